The summed E-state index contributed by atoms with van der Waals surface area (Å²) in [6.45, 7) is 0. The van der Waals surface area contributed by atoms with Crippen LogP contribution >= 0.6 is 15.9 Å². The Bertz CT molecular complexity index is 496. The molecule has 3 nitrogen and oxygen atoms in total. The number of hydrogen-bond acceptors (Lipinski definition) is 3. The Kier molecular flexibility index (Phi) is 3.62. The van der Waals surface area contributed by atoms with Gasteiger partial charge in [-0.3, -0.25) is 4.79 Å². The molecule has 1 rings (SSSR count). The standard InChI is InChI=1S/C9H8BrFO3S/c1-15(13,14)5-9(12)7-3-2-6(10)4-8(7)11/h2-4H,5H2,1H3. The van der Waals surface area contributed by atoms with Gasteiger partial charge in [-0.2, -0.15) is 0 Å². The number of ketones is 1. The molecule has 0 saturated carbocycles. The first kappa shape index (κ1) is 12.3. The Morgan fingerprint density at radius 3 is 2.53 bits per heavy atom. The highest BCUT2D eigenvalue weighted by Gasteiger charge is 2.16. The van der Waals surface area contributed by atoms with Crippen molar-refractivity contribution in [2.75, 3.05) is 12.0 Å². The van der Waals surface area contributed by atoms with E-state index in [4.69, 9.17) is 0 Å². The summed E-state index contributed by atoms with van der Waals surface area (Å²) in [5, 5.41) is 0. The van der Waals surface area contributed by atoms with Crippen LogP contribution in [0.5, 0.6) is 0 Å². The molecular formula is C9H8BrFO3S. The maximum Gasteiger partial charge on any atom is 0.180 e. The van der Waals surface area contributed by atoms with E-state index in [-0.39, 0.29) is 5.56 Å². The van der Waals surface area contributed by atoms with E-state index in [2.05, 4.69) is 15.9 Å². The first-order valence-corrected chi connectivity index (χ1v) is 6.81. The number of carbonyl (C=O) groups is 1. The first-order chi connectivity index (χ1) is 6.79. The second-order valence-corrected chi connectivity index (χ2v) is 6.17. The quantitative estimate of drug-likeness (QED) is 0.799. The number of carbonyl (C=O) groups excluding carboxylic acids is 1. The lowest BCUT2D eigenvalue weighted by Gasteiger charge is -2.01. The van der Waals surface area contributed by atoms with Crippen LogP contribution in [-0.4, -0.2) is 26.2 Å². The number of Topliss-reactive ketones (excluding diaryl/α,β-unsaturated/α-hetero) is 1. The van der Waals surface area contributed by atoms with Crippen LogP contribution in [0, 0.1) is 5.82 Å². The minimum atomic E-state index is -3.43. The molecule has 0 aliphatic rings. The zero-order valence-electron chi connectivity index (χ0n) is 7.83. The number of rotatable bonds is 3. The topological polar surface area (TPSA) is 51.2 Å². The van der Waals surface area contributed by atoms with E-state index in [1.807, 2.05) is 0 Å². The number of benzene rings is 1. The number of sulfone groups is 1. The third-order valence-electron chi connectivity index (χ3n) is 1.62. The van der Waals surface area contributed by atoms with E-state index >= 15 is 0 Å². The zero-order valence-corrected chi connectivity index (χ0v) is 10.2. The predicted molar refractivity (Wildman–Crippen MR) is 58.1 cm³/mol. The van der Waals surface area contributed by atoms with Crippen LogP contribution in [0.25, 0.3) is 0 Å². The maximum atomic E-state index is 13.2. The Labute approximate surface area is 95.3 Å². The third-order valence-corrected chi connectivity index (χ3v) is 2.90. The predicted octanol–water partition coefficient (Wildman–Crippen LogP) is 1.82. The molecule has 0 amide bonds. The van der Waals surface area contributed by atoms with E-state index < -0.39 is 27.2 Å². The van der Waals surface area contributed by atoms with Crippen molar-refractivity contribution in [3.63, 3.8) is 0 Å². The van der Waals surface area contributed by atoms with Gasteiger partial charge < -0.3 is 0 Å². The van der Waals surface area contributed by atoms with Crippen LogP contribution < -0.4 is 0 Å². The van der Waals surface area contributed by atoms with Crippen LogP contribution in [0.4, 0.5) is 4.39 Å². The summed E-state index contributed by atoms with van der Waals surface area (Å²) < 4.78 is 35.4. The summed E-state index contributed by atoms with van der Waals surface area (Å²) >= 11 is 3.04. The smallest absolute Gasteiger partial charge is 0.180 e. The second-order valence-electron chi connectivity index (χ2n) is 3.12. The average molecular weight is 295 g/mol. The molecule has 0 aliphatic carbocycles. The molecule has 0 atom stereocenters. The van der Waals surface area contributed by atoms with Gasteiger partial charge in [0.15, 0.2) is 15.6 Å². The van der Waals surface area contributed by atoms with Gasteiger partial charge in [-0.25, -0.2) is 12.8 Å². The van der Waals surface area contributed by atoms with Gasteiger partial charge in [0, 0.05) is 10.7 Å². The lowest BCUT2D eigenvalue weighted by molar-refractivity contribution is 0.101. The summed E-state index contributed by atoms with van der Waals surface area (Å²) in [4.78, 5) is 11.4. The molecule has 1 aromatic carbocycles. The Morgan fingerprint density at radius 1 is 1.47 bits per heavy atom. The summed E-state index contributed by atoms with van der Waals surface area (Å²) in [5.41, 5.74) is -0.205. The molecule has 0 spiro atoms. The molecule has 0 bridgehead atoms. The molecule has 6 heteroatoms. The molecule has 15 heavy (non-hydrogen) atoms. The van der Waals surface area contributed by atoms with Crippen molar-refractivity contribution in [2.45, 2.75) is 0 Å². The lowest BCUT2D eigenvalue weighted by atomic mass is 10.1. The average Bonchev–Trinajstić information content (AvgIpc) is 1.99. The number of halogens is 2. The molecule has 0 aliphatic heterocycles. The third kappa shape index (κ3) is 3.71. The van der Waals surface area contributed by atoms with Crippen molar-refractivity contribution in [1.82, 2.24) is 0 Å². The largest absolute Gasteiger partial charge is 0.293 e. The van der Waals surface area contributed by atoms with Crippen LogP contribution in [0.1, 0.15) is 10.4 Å². The van der Waals surface area contributed by atoms with Gasteiger partial charge in [0.1, 0.15) is 11.6 Å². The highest BCUT2D eigenvalue weighted by atomic mass is 79.9. The molecule has 0 heterocycles. The van der Waals surface area contributed by atoms with Crippen LogP contribution in [0.15, 0.2) is 22.7 Å². The van der Waals surface area contributed by atoms with Gasteiger partial charge in [-0.15, -0.1) is 0 Å². The molecular weight excluding hydrogens is 287 g/mol. The summed E-state index contributed by atoms with van der Waals surface area (Å²) in [6, 6.07) is 3.86. The van der Waals surface area contributed by atoms with Gasteiger partial charge in [-0.05, 0) is 18.2 Å². The van der Waals surface area contributed by atoms with Crippen molar-refractivity contribution in [3.05, 3.63) is 34.1 Å². The Balaban J connectivity index is 3.02. The molecule has 0 N–H and O–H groups in total. The SMILES string of the molecule is CS(=O)(=O)CC(=O)c1ccc(Br)cc1F. The minimum absolute atomic E-state index is 0.205. The van der Waals surface area contributed by atoms with E-state index in [0.717, 1.165) is 12.3 Å². The Morgan fingerprint density at radius 2 is 2.07 bits per heavy atom. The van der Waals surface area contributed by atoms with Gasteiger partial charge in [0.25, 0.3) is 0 Å². The molecule has 0 radical (unpaired) electrons. The molecule has 0 fully saturated rings. The monoisotopic (exact) mass is 294 g/mol. The van der Waals surface area contributed by atoms with Crippen molar-refractivity contribution < 1.29 is 17.6 Å². The molecule has 1 aromatic rings. The fraction of sp³-hybridized carbons (Fsp3) is 0.222. The maximum absolute atomic E-state index is 13.2. The first-order valence-electron chi connectivity index (χ1n) is 3.95. The van der Waals surface area contributed by atoms with E-state index in [1.165, 1.54) is 12.1 Å². The molecule has 0 unspecified atom stereocenters. The van der Waals surface area contributed by atoms with Gasteiger partial charge in [0.2, 0.25) is 0 Å². The molecule has 82 valence electrons. The Hall–Kier alpha value is -0.750. The lowest BCUT2D eigenvalue weighted by Crippen LogP contribution is -2.15. The van der Waals surface area contributed by atoms with Crippen LogP contribution in [0.3, 0.4) is 0 Å². The normalized spacial score (nSPS) is 11.4. The van der Waals surface area contributed by atoms with Crippen molar-refractivity contribution in [2.24, 2.45) is 0 Å². The zero-order chi connectivity index (χ0) is 11.6. The van der Waals surface area contributed by atoms with E-state index in [9.17, 15) is 17.6 Å². The fourth-order valence-corrected chi connectivity index (χ4v) is 2.00. The van der Waals surface area contributed by atoms with Crippen molar-refractivity contribution >= 4 is 31.6 Å². The molecule has 0 aromatic heterocycles. The molecule has 0 saturated heterocycles. The van der Waals surface area contributed by atoms with E-state index in [1.54, 1.807) is 0 Å². The number of hydrogen-bond donors (Lipinski definition) is 0. The summed E-state index contributed by atoms with van der Waals surface area (Å²) in [7, 11) is -3.43. The van der Waals surface area contributed by atoms with Crippen LogP contribution in [0.2, 0.25) is 0 Å². The van der Waals surface area contributed by atoms with Gasteiger partial charge in [0.05, 0.1) is 5.56 Å². The highest BCUT2D eigenvalue weighted by Crippen LogP contribution is 2.16. The summed E-state index contributed by atoms with van der Waals surface area (Å²) in [6.07, 6.45) is 0.932. The fourth-order valence-electron chi connectivity index (χ4n) is 1.03. The van der Waals surface area contributed by atoms with Gasteiger partial charge in [-0.1, -0.05) is 15.9 Å². The van der Waals surface area contributed by atoms with E-state index in [0.29, 0.717) is 4.47 Å². The van der Waals surface area contributed by atoms with Gasteiger partial charge >= 0.3 is 0 Å². The van der Waals surface area contributed by atoms with Crippen molar-refractivity contribution in [3.8, 4) is 0 Å². The second kappa shape index (κ2) is 4.40. The van der Waals surface area contributed by atoms with Crippen LogP contribution in [-0.2, 0) is 9.84 Å². The minimum Gasteiger partial charge on any atom is -0.293 e. The summed E-state index contributed by atoms with van der Waals surface area (Å²) in [5.74, 6) is -2.13. The highest BCUT2D eigenvalue weighted by molar-refractivity contribution is 9.10. The van der Waals surface area contributed by atoms with Crippen molar-refractivity contribution in [1.29, 1.82) is 0 Å².